The van der Waals surface area contributed by atoms with Gasteiger partial charge in [0.2, 0.25) is 0 Å². The summed E-state index contributed by atoms with van der Waals surface area (Å²) in [6.07, 6.45) is 3.10. The summed E-state index contributed by atoms with van der Waals surface area (Å²) in [5.41, 5.74) is 0.753. The van der Waals surface area contributed by atoms with Crippen LogP contribution < -0.4 is 0 Å². The molecule has 0 bridgehead atoms. The van der Waals surface area contributed by atoms with Crippen molar-refractivity contribution in [2.24, 2.45) is 0 Å². The van der Waals surface area contributed by atoms with Crippen molar-refractivity contribution in [2.45, 2.75) is 19.4 Å². The maximum absolute atomic E-state index is 10.5. The van der Waals surface area contributed by atoms with Gasteiger partial charge in [0.15, 0.2) is 0 Å². The van der Waals surface area contributed by atoms with Gasteiger partial charge in [-0.3, -0.25) is 0 Å². The largest absolute Gasteiger partial charge is 0.478 e. The molecule has 0 radical (unpaired) electrons. The van der Waals surface area contributed by atoms with E-state index in [1.807, 2.05) is 0 Å². The van der Waals surface area contributed by atoms with Crippen LogP contribution in [-0.4, -0.2) is 22.3 Å². The minimum atomic E-state index is -0.975. The van der Waals surface area contributed by atoms with E-state index in [4.69, 9.17) is 5.11 Å². The first-order valence-corrected chi connectivity index (χ1v) is 3.41. The number of carboxylic acids is 1. The second-order valence-corrected chi connectivity index (χ2v) is 2.56. The van der Waals surface area contributed by atoms with E-state index in [1.54, 1.807) is 13.0 Å². The van der Waals surface area contributed by atoms with Crippen LogP contribution >= 0.6 is 0 Å². The molecule has 0 amide bonds. The third kappa shape index (κ3) is 1.49. The predicted molar refractivity (Wildman–Crippen MR) is 40.1 cm³/mol. The number of hydrogen-bond donors (Lipinski definition) is 2. The molecular weight excluding hydrogens is 144 g/mol. The molecule has 3 nitrogen and oxygen atoms in total. The lowest BCUT2D eigenvalue weighted by molar-refractivity contribution is -0.132. The smallest absolute Gasteiger partial charge is 0.335 e. The molecule has 0 spiro atoms. The fraction of sp³-hybridized carbons (Fsp3) is 0.375. The zero-order valence-corrected chi connectivity index (χ0v) is 6.24. The summed E-state index contributed by atoms with van der Waals surface area (Å²) in [6, 6.07) is 0. The van der Waals surface area contributed by atoms with Crippen LogP contribution in [0.4, 0.5) is 0 Å². The second-order valence-electron chi connectivity index (χ2n) is 2.56. The molecule has 60 valence electrons. The molecule has 1 aliphatic carbocycles. The first-order valence-electron chi connectivity index (χ1n) is 3.41. The Morgan fingerprint density at radius 2 is 2.36 bits per heavy atom. The maximum Gasteiger partial charge on any atom is 0.335 e. The van der Waals surface area contributed by atoms with E-state index in [9.17, 15) is 9.90 Å². The fourth-order valence-corrected chi connectivity index (χ4v) is 1.04. The summed E-state index contributed by atoms with van der Waals surface area (Å²) in [5, 5.41) is 17.8. The average molecular weight is 154 g/mol. The van der Waals surface area contributed by atoms with E-state index in [0.29, 0.717) is 12.0 Å². The normalized spacial score (nSPS) is 24.0. The molecule has 0 aromatic rings. The van der Waals surface area contributed by atoms with Crippen molar-refractivity contribution in [2.75, 3.05) is 0 Å². The minimum Gasteiger partial charge on any atom is -0.478 e. The number of hydrogen-bond acceptors (Lipinski definition) is 2. The summed E-state index contributed by atoms with van der Waals surface area (Å²) in [4.78, 5) is 10.5. The van der Waals surface area contributed by atoms with Crippen molar-refractivity contribution >= 4 is 5.97 Å². The summed E-state index contributed by atoms with van der Waals surface area (Å²) < 4.78 is 0. The van der Waals surface area contributed by atoms with Gasteiger partial charge >= 0.3 is 5.97 Å². The Bertz CT molecular complexity index is 238. The van der Waals surface area contributed by atoms with Crippen molar-refractivity contribution in [1.82, 2.24) is 0 Å². The van der Waals surface area contributed by atoms with Crippen molar-refractivity contribution in [1.29, 1.82) is 0 Å². The summed E-state index contributed by atoms with van der Waals surface area (Å²) >= 11 is 0. The lowest BCUT2D eigenvalue weighted by Crippen LogP contribution is -2.15. The highest BCUT2D eigenvalue weighted by Crippen LogP contribution is 2.18. The maximum atomic E-state index is 10.5. The zero-order chi connectivity index (χ0) is 8.43. The zero-order valence-electron chi connectivity index (χ0n) is 6.24. The molecule has 0 heterocycles. The lowest BCUT2D eigenvalue weighted by atomic mass is 9.96. The summed E-state index contributed by atoms with van der Waals surface area (Å²) in [6.45, 7) is 1.64. The number of aliphatic hydroxyl groups is 1. The molecule has 1 atom stereocenters. The summed E-state index contributed by atoms with van der Waals surface area (Å²) in [7, 11) is 0. The Morgan fingerprint density at radius 3 is 2.82 bits per heavy atom. The van der Waals surface area contributed by atoms with Crippen molar-refractivity contribution in [3.63, 3.8) is 0 Å². The van der Waals surface area contributed by atoms with Crippen LogP contribution in [0.1, 0.15) is 13.3 Å². The highest BCUT2D eigenvalue weighted by molar-refractivity contribution is 5.91. The van der Waals surface area contributed by atoms with Gasteiger partial charge in [-0.15, -0.1) is 0 Å². The molecule has 3 heteroatoms. The SMILES string of the molecule is CC1=C(C(=O)O)C=CCC1O. The highest BCUT2D eigenvalue weighted by Gasteiger charge is 2.17. The van der Waals surface area contributed by atoms with Crippen LogP contribution in [0.3, 0.4) is 0 Å². The van der Waals surface area contributed by atoms with Crippen LogP contribution in [0.2, 0.25) is 0 Å². The van der Waals surface area contributed by atoms with Gasteiger partial charge in [-0.25, -0.2) is 4.79 Å². The number of aliphatic hydroxyl groups excluding tert-OH is 1. The molecule has 1 rings (SSSR count). The van der Waals surface area contributed by atoms with Gasteiger partial charge < -0.3 is 10.2 Å². The predicted octanol–water partition coefficient (Wildman–Crippen LogP) is 0.708. The van der Waals surface area contributed by atoms with Gasteiger partial charge in [0.05, 0.1) is 11.7 Å². The van der Waals surface area contributed by atoms with Gasteiger partial charge in [-0.2, -0.15) is 0 Å². The van der Waals surface area contributed by atoms with E-state index >= 15 is 0 Å². The first kappa shape index (κ1) is 8.01. The fourth-order valence-electron chi connectivity index (χ4n) is 1.04. The topological polar surface area (TPSA) is 57.5 Å². The van der Waals surface area contributed by atoms with Crippen LogP contribution in [0, 0.1) is 0 Å². The summed E-state index contributed by atoms with van der Waals surface area (Å²) in [5.74, 6) is -0.975. The number of rotatable bonds is 1. The van der Waals surface area contributed by atoms with Gasteiger partial charge in [0.1, 0.15) is 0 Å². The molecule has 0 fully saturated rings. The molecule has 0 aliphatic heterocycles. The van der Waals surface area contributed by atoms with E-state index in [2.05, 4.69) is 0 Å². The Kier molecular flexibility index (Phi) is 2.10. The van der Waals surface area contributed by atoms with E-state index < -0.39 is 12.1 Å². The van der Waals surface area contributed by atoms with Crippen molar-refractivity contribution < 1.29 is 15.0 Å². The minimum absolute atomic E-state index is 0.212. The molecule has 0 saturated carbocycles. The van der Waals surface area contributed by atoms with E-state index in [0.717, 1.165) is 0 Å². The Labute approximate surface area is 64.7 Å². The standard InChI is InChI=1S/C8H10O3/c1-5-6(8(10)11)3-2-4-7(5)9/h2-3,7,9H,4H2,1H3,(H,10,11). The molecule has 1 unspecified atom stereocenters. The van der Waals surface area contributed by atoms with Crippen molar-refractivity contribution in [3.05, 3.63) is 23.3 Å². The van der Waals surface area contributed by atoms with E-state index in [-0.39, 0.29) is 5.57 Å². The van der Waals surface area contributed by atoms with Crippen LogP contribution in [0.15, 0.2) is 23.3 Å². The van der Waals surface area contributed by atoms with Gasteiger partial charge in [0.25, 0.3) is 0 Å². The number of carboxylic acid groups (broad SMARTS) is 1. The monoisotopic (exact) mass is 154 g/mol. The molecule has 11 heavy (non-hydrogen) atoms. The van der Waals surface area contributed by atoms with Crippen LogP contribution in [-0.2, 0) is 4.79 Å². The van der Waals surface area contributed by atoms with Crippen molar-refractivity contribution in [3.8, 4) is 0 Å². The van der Waals surface area contributed by atoms with Gasteiger partial charge in [-0.05, 0) is 18.9 Å². The van der Waals surface area contributed by atoms with Crippen LogP contribution in [0.5, 0.6) is 0 Å². The second kappa shape index (κ2) is 2.88. The Hall–Kier alpha value is -1.09. The molecular formula is C8H10O3. The average Bonchev–Trinajstić information content (AvgIpc) is 1.94. The van der Waals surface area contributed by atoms with Gasteiger partial charge in [-0.1, -0.05) is 12.2 Å². The lowest BCUT2D eigenvalue weighted by Gasteiger charge is -2.14. The highest BCUT2D eigenvalue weighted by atomic mass is 16.4. The molecule has 0 aromatic carbocycles. The third-order valence-corrected chi connectivity index (χ3v) is 1.80. The molecule has 2 N–H and O–H groups in total. The first-order chi connectivity index (χ1) is 5.13. The molecule has 1 aliphatic rings. The molecule has 0 saturated heterocycles. The van der Waals surface area contributed by atoms with Crippen LogP contribution in [0.25, 0.3) is 0 Å². The number of aliphatic carboxylic acids is 1. The van der Waals surface area contributed by atoms with Gasteiger partial charge in [0, 0.05) is 0 Å². The number of carbonyl (C=O) groups is 1. The quantitative estimate of drug-likeness (QED) is 0.584. The van der Waals surface area contributed by atoms with E-state index in [1.165, 1.54) is 6.08 Å². The molecule has 0 aromatic heterocycles. The third-order valence-electron chi connectivity index (χ3n) is 1.80. The Morgan fingerprint density at radius 1 is 1.73 bits per heavy atom. The Balaban J connectivity index is 2.98.